The topological polar surface area (TPSA) is 46.3 Å². The monoisotopic (exact) mass is 274 g/mol. The lowest BCUT2D eigenvalue weighted by atomic mass is 9.91. The Kier molecular flexibility index (Phi) is 4.36. The van der Waals surface area contributed by atoms with E-state index < -0.39 is 0 Å². The van der Waals surface area contributed by atoms with Crippen LogP contribution in [0, 0.1) is 11.3 Å². The van der Waals surface area contributed by atoms with E-state index in [0.29, 0.717) is 18.2 Å². The largest absolute Gasteiger partial charge is 0.399 e. The summed E-state index contributed by atoms with van der Waals surface area (Å²) in [6.07, 6.45) is 2.79. The van der Waals surface area contributed by atoms with E-state index in [9.17, 15) is 4.79 Å². The molecule has 1 aliphatic rings. The Morgan fingerprint density at radius 3 is 2.55 bits per heavy atom. The summed E-state index contributed by atoms with van der Waals surface area (Å²) in [6.45, 7) is 8.17. The van der Waals surface area contributed by atoms with Crippen LogP contribution in [0.3, 0.4) is 0 Å². The first kappa shape index (κ1) is 14.9. The maximum absolute atomic E-state index is 12.2. The molecule has 1 heterocycles. The molecular formula is C17H26N2O. The minimum absolute atomic E-state index is 0.0755. The average Bonchev–Trinajstić information content (AvgIpc) is 2.79. The van der Waals surface area contributed by atoms with E-state index in [1.807, 2.05) is 17.0 Å². The van der Waals surface area contributed by atoms with Crippen LogP contribution >= 0.6 is 0 Å². The third kappa shape index (κ3) is 4.26. The van der Waals surface area contributed by atoms with Gasteiger partial charge in [0.1, 0.15) is 0 Å². The summed E-state index contributed by atoms with van der Waals surface area (Å²) in [5.41, 5.74) is 7.90. The zero-order chi connectivity index (χ0) is 14.8. The summed E-state index contributed by atoms with van der Waals surface area (Å²) in [7, 11) is 0. The lowest BCUT2D eigenvalue weighted by molar-refractivity contribution is -0.132. The van der Waals surface area contributed by atoms with E-state index in [1.54, 1.807) is 0 Å². The lowest BCUT2D eigenvalue weighted by Crippen LogP contribution is -2.31. The number of carbonyl (C=O) groups is 1. The predicted molar refractivity (Wildman–Crippen MR) is 83.3 cm³/mol. The second-order valence-electron chi connectivity index (χ2n) is 7.18. The number of rotatable bonds is 3. The first-order valence-electron chi connectivity index (χ1n) is 7.46. The molecule has 1 saturated heterocycles. The molecule has 1 unspecified atom stereocenters. The van der Waals surface area contributed by atoms with Crippen molar-refractivity contribution in [3.8, 4) is 0 Å². The van der Waals surface area contributed by atoms with Crippen LogP contribution in [-0.4, -0.2) is 23.9 Å². The highest BCUT2D eigenvalue weighted by Crippen LogP contribution is 2.25. The summed E-state index contributed by atoms with van der Waals surface area (Å²) < 4.78 is 0. The van der Waals surface area contributed by atoms with Gasteiger partial charge in [0.15, 0.2) is 0 Å². The minimum atomic E-state index is 0.0755. The molecule has 3 heteroatoms. The molecule has 1 fully saturated rings. The number of nitrogens with two attached hydrogens (primary N) is 1. The molecule has 110 valence electrons. The van der Waals surface area contributed by atoms with Crippen molar-refractivity contribution in [3.63, 3.8) is 0 Å². The van der Waals surface area contributed by atoms with Crippen molar-refractivity contribution in [2.45, 2.75) is 40.0 Å². The summed E-state index contributed by atoms with van der Waals surface area (Å²) >= 11 is 0. The highest BCUT2D eigenvalue weighted by molar-refractivity contribution is 5.77. The standard InChI is InChI=1S/C17H26N2O/c1-17(2,3)11-16(20)19-9-8-14(12-19)10-13-4-6-15(18)7-5-13/h4-7,14H,8-12,18H2,1-3H3. The summed E-state index contributed by atoms with van der Waals surface area (Å²) in [6, 6.07) is 8.09. The van der Waals surface area contributed by atoms with Crippen LogP contribution in [-0.2, 0) is 11.2 Å². The quantitative estimate of drug-likeness (QED) is 0.861. The third-order valence-corrected chi connectivity index (χ3v) is 3.82. The summed E-state index contributed by atoms with van der Waals surface area (Å²) in [5.74, 6) is 0.889. The summed E-state index contributed by atoms with van der Waals surface area (Å²) in [4.78, 5) is 14.2. The Morgan fingerprint density at radius 2 is 1.95 bits per heavy atom. The number of hydrogen-bond donors (Lipinski definition) is 1. The molecule has 0 aromatic heterocycles. The maximum Gasteiger partial charge on any atom is 0.223 e. The number of benzene rings is 1. The zero-order valence-electron chi connectivity index (χ0n) is 12.9. The average molecular weight is 274 g/mol. The fourth-order valence-electron chi connectivity index (χ4n) is 2.78. The van der Waals surface area contributed by atoms with Gasteiger partial charge in [-0.3, -0.25) is 4.79 Å². The summed E-state index contributed by atoms with van der Waals surface area (Å²) in [5, 5.41) is 0. The minimum Gasteiger partial charge on any atom is -0.399 e. The molecular weight excluding hydrogens is 248 g/mol. The van der Waals surface area contributed by atoms with Gasteiger partial charge in [0, 0.05) is 25.2 Å². The van der Waals surface area contributed by atoms with Gasteiger partial charge in [-0.25, -0.2) is 0 Å². The second-order valence-corrected chi connectivity index (χ2v) is 7.18. The van der Waals surface area contributed by atoms with Crippen LogP contribution in [0.5, 0.6) is 0 Å². The van der Waals surface area contributed by atoms with Crippen LogP contribution in [0.1, 0.15) is 39.2 Å². The van der Waals surface area contributed by atoms with Crippen molar-refractivity contribution in [2.24, 2.45) is 11.3 Å². The van der Waals surface area contributed by atoms with E-state index in [-0.39, 0.29) is 5.41 Å². The molecule has 1 aromatic carbocycles. The number of nitrogens with zero attached hydrogens (tertiary/aromatic N) is 1. The molecule has 1 amide bonds. The van der Waals surface area contributed by atoms with Gasteiger partial charge in [-0.15, -0.1) is 0 Å². The Labute approximate surface area is 122 Å². The van der Waals surface area contributed by atoms with Crippen molar-refractivity contribution in [1.82, 2.24) is 4.90 Å². The Bertz CT molecular complexity index is 459. The molecule has 0 aliphatic carbocycles. The van der Waals surface area contributed by atoms with Crippen molar-refractivity contribution in [2.75, 3.05) is 18.8 Å². The first-order chi connectivity index (χ1) is 9.33. The molecule has 20 heavy (non-hydrogen) atoms. The number of carbonyl (C=O) groups excluding carboxylic acids is 1. The number of likely N-dealkylation sites (tertiary alicyclic amines) is 1. The number of hydrogen-bond acceptors (Lipinski definition) is 2. The number of amides is 1. The SMILES string of the molecule is CC(C)(C)CC(=O)N1CCC(Cc2ccc(N)cc2)C1. The highest BCUT2D eigenvalue weighted by Gasteiger charge is 2.28. The van der Waals surface area contributed by atoms with Crippen molar-refractivity contribution in [3.05, 3.63) is 29.8 Å². The molecule has 0 spiro atoms. The third-order valence-electron chi connectivity index (χ3n) is 3.82. The maximum atomic E-state index is 12.2. The molecule has 2 rings (SSSR count). The molecule has 0 bridgehead atoms. The molecule has 1 atom stereocenters. The van der Waals surface area contributed by atoms with Crippen LogP contribution < -0.4 is 5.73 Å². The van der Waals surface area contributed by atoms with Gasteiger partial charge < -0.3 is 10.6 Å². The van der Waals surface area contributed by atoms with E-state index in [2.05, 4.69) is 32.9 Å². The molecule has 0 saturated carbocycles. The van der Waals surface area contributed by atoms with Gasteiger partial charge in [-0.2, -0.15) is 0 Å². The van der Waals surface area contributed by atoms with E-state index >= 15 is 0 Å². The fourth-order valence-corrected chi connectivity index (χ4v) is 2.78. The first-order valence-corrected chi connectivity index (χ1v) is 7.46. The number of anilines is 1. The zero-order valence-corrected chi connectivity index (χ0v) is 12.9. The highest BCUT2D eigenvalue weighted by atomic mass is 16.2. The smallest absolute Gasteiger partial charge is 0.223 e. The van der Waals surface area contributed by atoms with Crippen LogP contribution in [0.4, 0.5) is 5.69 Å². The van der Waals surface area contributed by atoms with E-state index in [0.717, 1.165) is 31.6 Å². The van der Waals surface area contributed by atoms with Gasteiger partial charge in [0.05, 0.1) is 0 Å². The molecule has 3 nitrogen and oxygen atoms in total. The molecule has 2 N–H and O–H groups in total. The lowest BCUT2D eigenvalue weighted by Gasteiger charge is -2.23. The fraction of sp³-hybridized carbons (Fsp3) is 0.588. The Morgan fingerprint density at radius 1 is 1.30 bits per heavy atom. The number of nitrogen functional groups attached to an aromatic ring is 1. The normalized spacial score (nSPS) is 19.4. The predicted octanol–water partition coefficient (Wildman–Crippen LogP) is 3.10. The van der Waals surface area contributed by atoms with Gasteiger partial charge in [-0.1, -0.05) is 32.9 Å². The second kappa shape index (κ2) is 5.86. The van der Waals surface area contributed by atoms with Crippen molar-refractivity contribution in [1.29, 1.82) is 0 Å². The molecule has 1 aromatic rings. The van der Waals surface area contributed by atoms with Crippen LogP contribution in [0.25, 0.3) is 0 Å². The van der Waals surface area contributed by atoms with Crippen molar-refractivity contribution >= 4 is 11.6 Å². The van der Waals surface area contributed by atoms with E-state index in [4.69, 9.17) is 5.73 Å². The van der Waals surface area contributed by atoms with Crippen molar-refractivity contribution < 1.29 is 4.79 Å². The Balaban J connectivity index is 1.86. The van der Waals surface area contributed by atoms with Gasteiger partial charge >= 0.3 is 0 Å². The van der Waals surface area contributed by atoms with Crippen LogP contribution in [0.2, 0.25) is 0 Å². The van der Waals surface area contributed by atoms with Gasteiger partial charge in [0.25, 0.3) is 0 Å². The van der Waals surface area contributed by atoms with Crippen LogP contribution in [0.15, 0.2) is 24.3 Å². The Hall–Kier alpha value is -1.51. The molecule has 1 aliphatic heterocycles. The van der Waals surface area contributed by atoms with Gasteiger partial charge in [0.2, 0.25) is 5.91 Å². The van der Waals surface area contributed by atoms with Gasteiger partial charge in [-0.05, 0) is 41.9 Å². The van der Waals surface area contributed by atoms with E-state index in [1.165, 1.54) is 5.56 Å². The molecule has 0 radical (unpaired) electrons.